The van der Waals surface area contributed by atoms with E-state index in [2.05, 4.69) is 0 Å². The molecule has 6 nitrogen and oxygen atoms in total. The van der Waals surface area contributed by atoms with E-state index in [1.165, 1.54) is 16.3 Å². The third-order valence-electron chi connectivity index (χ3n) is 4.71. The number of likely N-dealkylation sites (N-methyl/N-ethyl adjacent to an activating group) is 1. The fraction of sp³-hybridized carbons (Fsp3) is 0.316. The zero-order chi connectivity index (χ0) is 18.9. The lowest BCUT2D eigenvalue weighted by molar-refractivity contribution is -0.119. The molecule has 1 amide bonds. The van der Waals surface area contributed by atoms with Crippen molar-refractivity contribution in [3.8, 4) is 0 Å². The third-order valence-corrected chi connectivity index (χ3v) is 6.53. The molecule has 3 rings (SSSR count). The smallest absolute Gasteiger partial charge is 0.266 e. The van der Waals surface area contributed by atoms with Gasteiger partial charge in [-0.1, -0.05) is 38.1 Å². The molecule has 1 aliphatic heterocycles. The van der Waals surface area contributed by atoms with Crippen molar-refractivity contribution in [1.29, 1.82) is 0 Å². The lowest BCUT2D eigenvalue weighted by atomic mass is 10.2. The summed E-state index contributed by atoms with van der Waals surface area (Å²) in [7, 11) is -2.23. The molecule has 0 aromatic heterocycles. The Bertz CT molecular complexity index is 923. The lowest BCUT2D eigenvalue weighted by Gasteiger charge is -2.27. The number of rotatable bonds is 4. The normalized spacial score (nSPS) is 15.4. The summed E-state index contributed by atoms with van der Waals surface area (Å²) in [4.78, 5) is 16.9. The highest BCUT2D eigenvalue weighted by Gasteiger charge is 2.35. The molecule has 1 heterocycles. The molecule has 0 N–H and O–H groups in total. The highest BCUT2D eigenvalue weighted by molar-refractivity contribution is 7.93. The predicted octanol–water partition coefficient (Wildman–Crippen LogP) is 2.83. The van der Waals surface area contributed by atoms with Gasteiger partial charge in [0.25, 0.3) is 10.0 Å². The van der Waals surface area contributed by atoms with Gasteiger partial charge in [0.1, 0.15) is 4.90 Å². The molecule has 0 unspecified atom stereocenters. The van der Waals surface area contributed by atoms with Gasteiger partial charge in [-0.15, -0.1) is 0 Å². The van der Waals surface area contributed by atoms with Crippen LogP contribution in [0.25, 0.3) is 0 Å². The number of hydrogen-bond acceptors (Lipinski definition) is 4. The SMILES string of the molecule is CCN(CC)CC(=O)N1c2ccccc2N(C)S(=O)(=O)c2ccccc21. The third kappa shape index (κ3) is 2.97. The summed E-state index contributed by atoms with van der Waals surface area (Å²) in [5, 5.41) is 0. The fourth-order valence-electron chi connectivity index (χ4n) is 3.16. The van der Waals surface area contributed by atoms with Crippen LogP contribution in [-0.2, 0) is 14.8 Å². The molecule has 0 fully saturated rings. The number of nitrogens with zero attached hydrogens (tertiary/aromatic N) is 3. The number of benzene rings is 2. The molecule has 2 aromatic rings. The first-order chi connectivity index (χ1) is 12.4. The van der Waals surface area contributed by atoms with Crippen molar-refractivity contribution < 1.29 is 13.2 Å². The molecule has 0 atom stereocenters. The average molecular weight is 373 g/mol. The maximum Gasteiger partial charge on any atom is 0.266 e. The van der Waals surface area contributed by atoms with Gasteiger partial charge in [0.15, 0.2) is 0 Å². The van der Waals surface area contributed by atoms with E-state index in [0.29, 0.717) is 17.1 Å². The molecule has 0 saturated carbocycles. The second-order valence-corrected chi connectivity index (χ2v) is 8.06. The van der Waals surface area contributed by atoms with Crippen LogP contribution in [0.5, 0.6) is 0 Å². The summed E-state index contributed by atoms with van der Waals surface area (Å²) >= 11 is 0. The van der Waals surface area contributed by atoms with Crippen LogP contribution in [0, 0.1) is 0 Å². The Morgan fingerprint density at radius 2 is 1.46 bits per heavy atom. The Morgan fingerprint density at radius 1 is 0.923 bits per heavy atom. The van der Waals surface area contributed by atoms with Crippen molar-refractivity contribution in [2.24, 2.45) is 0 Å². The number of para-hydroxylation sites is 3. The van der Waals surface area contributed by atoms with Crippen LogP contribution in [0.15, 0.2) is 53.4 Å². The van der Waals surface area contributed by atoms with Gasteiger partial charge in [0.2, 0.25) is 5.91 Å². The zero-order valence-electron chi connectivity index (χ0n) is 15.2. The largest absolute Gasteiger partial charge is 0.295 e. The van der Waals surface area contributed by atoms with E-state index in [9.17, 15) is 13.2 Å². The summed E-state index contributed by atoms with van der Waals surface area (Å²) in [6, 6.07) is 13.7. The second kappa shape index (κ2) is 7.09. The van der Waals surface area contributed by atoms with Crippen molar-refractivity contribution in [1.82, 2.24) is 4.90 Å². The van der Waals surface area contributed by atoms with Crippen molar-refractivity contribution in [3.05, 3.63) is 48.5 Å². The molecular formula is C19H23N3O3S. The maximum atomic E-state index is 13.2. The minimum Gasteiger partial charge on any atom is -0.295 e. The van der Waals surface area contributed by atoms with E-state index in [-0.39, 0.29) is 17.3 Å². The van der Waals surface area contributed by atoms with Crippen LogP contribution in [0.3, 0.4) is 0 Å². The first kappa shape index (κ1) is 18.4. The van der Waals surface area contributed by atoms with Crippen LogP contribution < -0.4 is 9.21 Å². The van der Waals surface area contributed by atoms with E-state index in [4.69, 9.17) is 0 Å². The van der Waals surface area contributed by atoms with E-state index < -0.39 is 10.0 Å². The molecule has 2 aromatic carbocycles. The fourth-order valence-corrected chi connectivity index (χ4v) is 4.55. The van der Waals surface area contributed by atoms with Gasteiger partial charge in [0, 0.05) is 7.05 Å². The number of amides is 1. The van der Waals surface area contributed by atoms with Gasteiger partial charge < -0.3 is 0 Å². The molecule has 138 valence electrons. The maximum absolute atomic E-state index is 13.2. The van der Waals surface area contributed by atoms with Gasteiger partial charge in [0.05, 0.1) is 23.6 Å². The van der Waals surface area contributed by atoms with E-state index in [0.717, 1.165) is 13.1 Å². The van der Waals surface area contributed by atoms with Crippen LogP contribution in [0.1, 0.15) is 13.8 Å². The molecule has 7 heteroatoms. The highest BCUT2D eigenvalue weighted by Crippen LogP contribution is 2.43. The van der Waals surface area contributed by atoms with Gasteiger partial charge in [-0.05, 0) is 37.4 Å². The first-order valence-electron chi connectivity index (χ1n) is 8.64. The summed E-state index contributed by atoms with van der Waals surface area (Å²) in [6.45, 7) is 5.72. The van der Waals surface area contributed by atoms with Gasteiger partial charge in [-0.2, -0.15) is 0 Å². The van der Waals surface area contributed by atoms with E-state index >= 15 is 0 Å². The van der Waals surface area contributed by atoms with E-state index in [1.54, 1.807) is 42.5 Å². The van der Waals surface area contributed by atoms with Crippen LogP contribution in [0.4, 0.5) is 17.1 Å². The summed E-state index contributed by atoms with van der Waals surface area (Å²) in [6.07, 6.45) is 0. The van der Waals surface area contributed by atoms with Gasteiger partial charge >= 0.3 is 0 Å². The van der Waals surface area contributed by atoms with Crippen LogP contribution in [-0.4, -0.2) is 45.9 Å². The predicted molar refractivity (Wildman–Crippen MR) is 103 cm³/mol. The lowest BCUT2D eigenvalue weighted by Crippen LogP contribution is -2.38. The minimum absolute atomic E-state index is 0.131. The Hall–Kier alpha value is -2.38. The number of carbonyl (C=O) groups excluding carboxylic acids is 1. The van der Waals surface area contributed by atoms with Gasteiger partial charge in [-0.3, -0.25) is 18.9 Å². The number of sulfonamides is 1. The molecule has 26 heavy (non-hydrogen) atoms. The van der Waals surface area contributed by atoms with Gasteiger partial charge in [-0.25, -0.2) is 8.42 Å². The number of anilines is 3. The van der Waals surface area contributed by atoms with Crippen molar-refractivity contribution in [2.45, 2.75) is 18.7 Å². The summed E-state index contributed by atoms with van der Waals surface area (Å²) in [5.74, 6) is -0.154. The molecule has 0 bridgehead atoms. The van der Waals surface area contributed by atoms with Crippen LogP contribution >= 0.6 is 0 Å². The highest BCUT2D eigenvalue weighted by atomic mass is 32.2. The molecule has 0 saturated heterocycles. The molecule has 0 spiro atoms. The Labute approximate surface area is 154 Å². The molecule has 0 radical (unpaired) electrons. The second-order valence-electron chi connectivity index (χ2n) is 6.12. The zero-order valence-corrected chi connectivity index (χ0v) is 16.0. The number of fused-ring (bicyclic) bond motifs is 2. The number of carbonyl (C=O) groups is 1. The summed E-state index contributed by atoms with van der Waals surface area (Å²) < 4.78 is 27.4. The van der Waals surface area contributed by atoms with Crippen LogP contribution in [0.2, 0.25) is 0 Å². The Balaban J connectivity index is 2.24. The minimum atomic E-state index is -3.75. The molecular weight excluding hydrogens is 350 g/mol. The summed E-state index contributed by atoms with van der Waals surface area (Å²) in [5.41, 5.74) is 1.44. The van der Waals surface area contributed by atoms with E-state index in [1.807, 2.05) is 24.8 Å². The quantitative estimate of drug-likeness (QED) is 0.827. The van der Waals surface area contributed by atoms with Crippen molar-refractivity contribution in [3.63, 3.8) is 0 Å². The van der Waals surface area contributed by atoms with Crippen molar-refractivity contribution >= 4 is 33.0 Å². The standard InChI is InChI=1S/C19H23N3O3S/c1-4-21(5-2)14-19(23)22-16-11-7-6-10-15(16)20(3)26(24,25)18-13-9-8-12-17(18)22/h6-13H,4-5,14H2,1-3H3. The topological polar surface area (TPSA) is 60.9 Å². The first-order valence-corrected chi connectivity index (χ1v) is 10.1. The Morgan fingerprint density at radius 3 is 2.08 bits per heavy atom. The monoisotopic (exact) mass is 373 g/mol. The average Bonchev–Trinajstić information content (AvgIpc) is 2.72. The molecule has 1 aliphatic rings. The Kier molecular flexibility index (Phi) is 5.02. The van der Waals surface area contributed by atoms with Crippen molar-refractivity contribution in [2.75, 3.05) is 35.9 Å². The molecule has 0 aliphatic carbocycles. The number of hydrogen-bond donors (Lipinski definition) is 0.